The summed E-state index contributed by atoms with van der Waals surface area (Å²) in [4.78, 5) is 2.52. The second-order valence-electron chi connectivity index (χ2n) is 6.81. The van der Waals surface area contributed by atoms with Crippen LogP contribution in [0.4, 0.5) is 5.69 Å². The first-order valence-electron chi connectivity index (χ1n) is 7.65. The molecule has 1 nitrogen and oxygen atoms in total. The highest BCUT2D eigenvalue weighted by molar-refractivity contribution is 5.96. The van der Waals surface area contributed by atoms with E-state index in [9.17, 15) is 0 Å². The van der Waals surface area contributed by atoms with Crippen molar-refractivity contribution in [2.24, 2.45) is 0 Å². The maximum absolute atomic E-state index is 2.52. The predicted molar refractivity (Wildman–Crippen MR) is 90.8 cm³/mol. The van der Waals surface area contributed by atoms with Crippen LogP contribution >= 0.6 is 0 Å². The Balaban J connectivity index is 2.80. The van der Waals surface area contributed by atoms with Gasteiger partial charge in [0.2, 0.25) is 0 Å². The molecule has 2 aromatic carbocycles. The van der Waals surface area contributed by atoms with Crippen LogP contribution in [0.15, 0.2) is 36.4 Å². The van der Waals surface area contributed by atoms with Gasteiger partial charge in [-0.15, -0.1) is 0 Å². The molecule has 0 fully saturated rings. The maximum atomic E-state index is 2.52. The number of benzene rings is 2. The molecule has 0 amide bonds. The molecule has 0 atom stereocenters. The number of hydrogen-bond donors (Lipinski definition) is 0. The van der Waals surface area contributed by atoms with Crippen LogP contribution in [-0.4, -0.2) is 12.6 Å². The van der Waals surface area contributed by atoms with Crippen molar-refractivity contribution in [2.75, 3.05) is 11.4 Å². The van der Waals surface area contributed by atoms with E-state index in [2.05, 4.69) is 82.8 Å². The lowest BCUT2D eigenvalue weighted by molar-refractivity contribution is 0.583. The third-order valence-electron chi connectivity index (χ3n) is 3.96. The summed E-state index contributed by atoms with van der Waals surface area (Å²) in [7, 11) is 0. The SMILES string of the molecule is CCN(c1c(C(C)(C)C)ccc2ccccc12)C(C)C. The van der Waals surface area contributed by atoms with Crippen LogP contribution in [0.1, 0.15) is 47.1 Å². The summed E-state index contributed by atoms with van der Waals surface area (Å²) in [6.45, 7) is 14.7. The van der Waals surface area contributed by atoms with E-state index in [1.165, 1.54) is 22.0 Å². The lowest BCUT2D eigenvalue weighted by Gasteiger charge is -2.34. The Bertz CT molecular complexity index is 590. The van der Waals surface area contributed by atoms with Gasteiger partial charge in [0, 0.05) is 23.7 Å². The van der Waals surface area contributed by atoms with Crippen molar-refractivity contribution in [2.45, 2.75) is 53.0 Å². The number of fused-ring (bicyclic) bond motifs is 1. The van der Waals surface area contributed by atoms with Gasteiger partial charge in [0.15, 0.2) is 0 Å². The highest BCUT2D eigenvalue weighted by Crippen LogP contribution is 2.38. The highest BCUT2D eigenvalue weighted by atomic mass is 15.1. The fourth-order valence-electron chi connectivity index (χ4n) is 2.95. The zero-order chi connectivity index (χ0) is 14.9. The molecular weight excluding hydrogens is 242 g/mol. The Hall–Kier alpha value is -1.50. The van der Waals surface area contributed by atoms with Crippen molar-refractivity contribution in [3.05, 3.63) is 42.0 Å². The van der Waals surface area contributed by atoms with Gasteiger partial charge in [-0.2, -0.15) is 0 Å². The van der Waals surface area contributed by atoms with Gasteiger partial charge in [-0.05, 0) is 37.1 Å². The average Bonchev–Trinajstić information content (AvgIpc) is 2.38. The molecule has 0 aliphatic carbocycles. The van der Waals surface area contributed by atoms with Gasteiger partial charge in [-0.3, -0.25) is 0 Å². The maximum Gasteiger partial charge on any atom is 0.0486 e. The Morgan fingerprint density at radius 2 is 1.65 bits per heavy atom. The van der Waals surface area contributed by atoms with E-state index in [4.69, 9.17) is 0 Å². The molecular formula is C19H27N. The van der Waals surface area contributed by atoms with Crippen LogP contribution < -0.4 is 4.90 Å². The topological polar surface area (TPSA) is 3.24 Å². The zero-order valence-corrected chi connectivity index (χ0v) is 13.7. The van der Waals surface area contributed by atoms with E-state index in [1.807, 2.05) is 0 Å². The Labute approximate surface area is 123 Å². The Morgan fingerprint density at radius 1 is 1.00 bits per heavy atom. The van der Waals surface area contributed by atoms with Gasteiger partial charge in [0.25, 0.3) is 0 Å². The van der Waals surface area contributed by atoms with Crippen molar-refractivity contribution >= 4 is 16.5 Å². The van der Waals surface area contributed by atoms with Crippen molar-refractivity contribution in [1.29, 1.82) is 0 Å². The smallest absolute Gasteiger partial charge is 0.0486 e. The van der Waals surface area contributed by atoms with E-state index in [0.717, 1.165) is 6.54 Å². The third kappa shape index (κ3) is 2.67. The van der Waals surface area contributed by atoms with Crippen LogP contribution in [-0.2, 0) is 5.41 Å². The van der Waals surface area contributed by atoms with Gasteiger partial charge >= 0.3 is 0 Å². The number of hydrogen-bond acceptors (Lipinski definition) is 1. The van der Waals surface area contributed by atoms with Gasteiger partial charge in [-0.25, -0.2) is 0 Å². The van der Waals surface area contributed by atoms with Crippen molar-refractivity contribution in [1.82, 2.24) is 0 Å². The van der Waals surface area contributed by atoms with E-state index in [-0.39, 0.29) is 5.41 Å². The molecule has 2 rings (SSSR count). The van der Waals surface area contributed by atoms with Crippen LogP contribution in [0, 0.1) is 0 Å². The molecule has 0 aliphatic heterocycles. The summed E-state index contributed by atoms with van der Waals surface area (Å²) in [6.07, 6.45) is 0. The van der Waals surface area contributed by atoms with Gasteiger partial charge in [0.1, 0.15) is 0 Å². The first-order chi connectivity index (χ1) is 9.36. The summed E-state index contributed by atoms with van der Waals surface area (Å²) >= 11 is 0. The number of nitrogens with zero attached hydrogens (tertiary/aromatic N) is 1. The van der Waals surface area contributed by atoms with Crippen LogP contribution in [0.3, 0.4) is 0 Å². The molecule has 0 heterocycles. The lowest BCUT2D eigenvalue weighted by atomic mass is 9.83. The summed E-state index contributed by atoms with van der Waals surface area (Å²) in [5.41, 5.74) is 3.00. The van der Waals surface area contributed by atoms with E-state index >= 15 is 0 Å². The van der Waals surface area contributed by atoms with Crippen molar-refractivity contribution in [3.8, 4) is 0 Å². The largest absolute Gasteiger partial charge is 0.369 e. The summed E-state index contributed by atoms with van der Waals surface area (Å²) in [5, 5.41) is 2.70. The molecule has 2 aromatic rings. The first-order valence-corrected chi connectivity index (χ1v) is 7.65. The minimum absolute atomic E-state index is 0.154. The molecule has 0 saturated carbocycles. The molecule has 0 unspecified atom stereocenters. The number of anilines is 1. The van der Waals surface area contributed by atoms with Crippen LogP contribution in [0.2, 0.25) is 0 Å². The quantitative estimate of drug-likeness (QED) is 0.724. The fraction of sp³-hybridized carbons (Fsp3) is 0.474. The highest BCUT2D eigenvalue weighted by Gasteiger charge is 2.23. The standard InChI is InChI=1S/C19H27N/c1-7-20(14(2)3)18-16-11-9-8-10-15(16)12-13-17(18)19(4,5)6/h8-14H,7H2,1-6H3. The summed E-state index contributed by atoms with van der Waals surface area (Å²) in [5.74, 6) is 0. The molecule has 0 saturated heterocycles. The Kier molecular flexibility index (Phi) is 4.08. The van der Waals surface area contributed by atoms with E-state index in [1.54, 1.807) is 0 Å². The van der Waals surface area contributed by atoms with Gasteiger partial charge in [0.05, 0.1) is 0 Å². The normalized spacial score (nSPS) is 12.2. The second kappa shape index (κ2) is 5.47. The second-order valence-corrected chi connectivity index (χ2v) is 6.81. The van der Waals surface area contributed by atoms with Gasteiger partial charge < -0.3 is 4.90 Å². The lowest BCUT2D eigenvalue weighted by Crippen LogP contribution is -2.33. The van der Waals surface area contributed by atoms with Crippen LogP contribution in [0.5, 0.6) is 0 Å². The number of rotatable bonds is 3. The molecule has 1 heteroatoms. The molecule has 0 spiro atoms. The van der Waals surface area contributed by atoms with Crippen LogP contribution in [0.25, 0.3) is 10.8 Å². The Morgan fingerprint density at radius 3 is 2.20 bits per heavy atom. The minimum atomic E-state index is 0.154. The predicted octanol–water partition coefficient (Wildman–Crippen LogP) is 5.37. The van der Waals surface area contributed by atoms with Gasteiger partial charge in [-0.1, -0.05) is 57.2 Å². The molecule has 0 radical (unpaired) electrons. The zero-order valence-electron chi connectivity index (χ0n) is 13.7. The third-order valence-corrected chi connectivity index (χ3v) is 3.96. The molecule has 108 valence electrons. The van der Waals surface area contributed by atoms with Crippen molar-refractivity contribution in [3.63, 3.8) is 0 Å². The molecule has 0 aromatic heterocycles. The molecule has 20 heavy (non-hydrogen) atoms. The van der Waals surface area contributed by atoms with E-state index in [0.29, 0.717) is 6.04 Å². The molecule has 0 N–H and O–H groups in total. The minimum Gasteiger partial charge on any atom is -0.369 e. The fourth-order valence-corrected chi connectivity index (χ4v) is 2.95. The summed E-state index contributed by atoms with van der Waals surface area (Å²) < 4.78 is 0. The average molecular weight is 269 g/mol. The van der Waals surface area contributed by atoms with Crippen molar-refractivity contribution < 1.29 is 0 Å². The monoisotopic (exact) mass is 269 g/mol. The first kappa shape index (κ1) is 14.9. The molecule has 0 bridgehead atoms. The summed E-state index contributed by atoms with van der Waals surface area (Å²) in [6, 6.07) is 13.8. The van der Waals surface area contributed by atoms with E-state index < -0.39 is 0 Å². The molecule has 0 aliphatic rings.